The molecule has 0 fully saturated rings. The van der Waals surface area contributed by atoms with Gasteiger partial charge in [-0.3, -0.25) is 0 Å². The Morgan fingerprint density at radius 1 is 0.522 bits per heavy atom. The number of esters is 2. The minimum atomic E-state index is -0.814. The van der Waals surface area contributed by atoms with E-state index in [1.54, 1.807) is 123 Å². The Bertz CT molecular complexity index is 1480. The zero-order chi connectivity index (χ0) is 32.7. The molecule has 0 unspecified atom stereocenters. The molecule has 0 aliphatic carbocycles. The predicted molar refractivity (Wildman–Crippen MR) is 170 cm³/mol. The molecule has 10 heteroatoms. The van der Waals surface area contributed by atoms with Gasteiger partial charge in [0.15, 0.2) is 0 Å². The van der Waals surface area contributed by atoms with Crippen molar-refractivity contribution in [3.05, 3.63) is 145 Å². The first kappa shape index (κ1) is 33.0. The lowest BCUT2D eigenvalue weighted by Crippen LogP contribution is -2.36. The summed E-state index contributed by atoms with van der Waals surface area (Å²) in [6, 6.07) is 34.0. The highest BCUT2D eigenvalue weighted by atomic mass is 16.6. The highest BCUT2D eigenvalue weighted by Crippen LogP contribution is 2.23. The van der Waals surface area contributed by atoms with Crippen molar-refractivity contribution in [1.82, 2.24) is 9.80 Å². The maximum Gasteiger partial charge on any atom is 0.415 e. The van der Waals surface area contributed by atoms with E-state index in [-0.39, 0.29) is 13.2 Å². The van der Waals surface area contributed by atoms with Gasteiger partial charge in [-0.25, -0.2) is 19.2 Å². The van der Waals surface area contributed by atoms with E-state index < -0.39 is 36.2 Å². The van der Waals surface area contributed by atoms with Crippen LogP contribution in [-0.4, -0.2) is 61.2 Å². The smallest absolute Gasteiger partial charge is 0.415 e. The molecule has 0 spiro atoms. The molecule has 4 aromatic rings. The zero-order valence-electron chi connectivity index (χ0n) is 25.4. The molecular formula is C36H34N2O8. The van der Waals surface area contributed by atoms with Crippen LogP contribution in [0, 0.1) is 0 Å². The fraction of sp³-hybridized carbons (Fsp3) is 0.167. The summed E-state index contributed by atoms with van der Waals surface area (Å²) in [5, 5.41) is 0. The molecule has 236 valence electrons. The van der Waals surface area contributed by atoms with Crippen molar-refractivity contribution in [1.29, 1.82) is 0 Å². The number of rotatable bonds is 12. The summed E-state index contributed by atoms with van der Waals surface area (Å²) in [6.45, 7) is -0.403. The van der Waals surface area contributed by atoms with Crippen LogP contribution >= 0.6 is 0 Å². The van der Waals surface area contributed by atoms with Crippen molar-refractivity contribution < 1.29 is 38.1 Å². The van der Waals surface area contributed by atoms with Gasteiger partial charge in [-0.2, -0.15) is 0 Å². The summed E-state index contributed by atoms with van der Waals surface area (Å²) in [5.74, 6) is -0.881. The molecule has 0 aliphatic heterocycles. The van der Waals surface area contributed by atoms with E-state index in [1.165, 1.54) is 9.80 Å². The van der Waals surface area contributed by atoms with Crippen LogP contribution in [0.4, 0.5) is 9.59 Å². The minimum Gasteiger partial charge on any atom is -0.460 e. The second kappa shape index (κ2) is 16.8. The molecule has 0 N–H and O–H groups in total. The maximum absolute atomic E-state index is 12.9. The lowest BCUT2D eigenvalue weighted by atomic mass is 10.1. The number of nitrogens with zero attached hydrogens (tertiary/aromatic N) is 2. The summed E-state index contributed by atoms with van der Waals surface area (Å²) in [7, 11) is 3.08. The van der Waals surface area contributed by atoms with Crippen LogP contribution in [0.1, 0.15) is 23.2 Å². The standard InChI is InChI=1S/C36H34N2O8/c1-37(35(41)45-29-19-11-5-12-20-29)31(27-15-7-3-8-16-27)25-43-33(39)23-24-34(40)44-26-32(28-17-9-4-10-18-28)38(2)36(42)46-30-21-13-6-14-22-30/h3-24,31-32H,25-26H2,1-2H3/b24-23+/t31-,32-/m0/s1. The molecule has 0 bridgehead atoms. The normalized spacial score (nSPS) is 12.0. The molecule has 0 aromatic heterocycles. The van der Waals surface area contributed by atoms with Gasteiger partial charge in [0, 0.05) is 26.2 Å². The first-order valence-corrected chi connectivity index (χ1v) is 14.4. The van der Waals surface area contributed by atoms with Gasteiger partial charge in [0.1, 0.15) is 24.7 Å². The third kappa shape index (κ3) is 9.81. The second-order valence-electron chi connectivity index (χ2n) is 10.0. The average Bonchev–Trinajstić information content (AvgIpc) is 3.09. The highest BCUT2D eigenvalue weighted by molar-refractivity contribution is 5.91. The van der Waals surface area contributed by atoms with Gasteiger partial charge in [-0.15, -0.1) is 0 Å². The summed E-state index contributed by atoms with van der Waals surface area (Å²) >= 11 is 0. The number of benzene rings is 4. The lowest BCUT2D eigenvalue weighted by molar-refractivity contribution is -0.142. The van der Waals surface area contributed by atoms with Gasteiger partial charge >= 0.3 is 24.1 Å². The number of hydrogen-bond donors (Lipinski definition) is 0. The Morgan fingerprint density at radius 2 is 0.826 bits per heavy atom. The highest BCUT2D eigenvalue weighted by Gasteiger charge is 2.26. The van der Waals surface area contributed by atoms with Gasteiger partial charge in [0.25, 0.3) is 0 Å². The molecule has 10 nitrogen and oxygen atoms in total. The van der Waals surface area contributed by atoms with Crippen molar-refractivity contribution in [2.24, 2.45) is 0 Å². The third-order valence-corrected chi connectivity index (χ3v) is 6.90. The van der Waals surface area contributed by atoms with E-state index in [1.807, 2.05) is 12.1 Å². The predicted octanol–water partition coefficient (Wildman–Crippen LogP) is 6.37. The van der Waals surface area contributed by atoms with Crippen LogP contribution in [-0.2, 0) is 19.1 Å². The van der Waals surface area contributed by atoms with Crippen LogP contribution in [0.3, 0.4) is 0 Å². The van der Waals surface area contributed by atoms with Crippen molar-refractivity contribution >= 4 is 24.1 Å². The van der Waals surface area contributed by atoms with E-state index in [0.717, 1.165) is 12.2 Å². The second-order valence-corrected chi connectivity index (χ2v) is 10.0. The van der Waals surface area contributed by atoms with E-state index in [0.29, 0.717) is 22.6 Å². The fourth-order valence-corrected chi connectivity index (χ4v) is 4.35. The topological polar surface area (TPSA) is 112 Å². The molecule has 0 aliphatic rings. The van der Waals surface area contributed by atoms with Crippen molar-refractivity contribution in [2.45, 2.75) is 12.1 Å². The molecule has 0 saturated heterocycles. The Balaban J connectivity index is 1.34. The monoisotopic (exact) mass is 622 g/mol. The first-order chi connectivity index (χ1) is 22.3. The maximum atomic E-state index is 12.9. The number of para-hydroxylation sites is 2. The number of carbonyl (C=O) groups is 4. The summed E-state index contributed by atoms with van der Waals surface area (Å²) < 4.78 is 21.7. The molecular weight excluding hydrogens is 588 g/mol. The molecule has 0 radical (unpaired) electrons. The van der Waals surface area contributed by atoms with Gasteiger partial charge in [-0.1, -0.05) is 97.1 Å². The average molecular weight is 623 g/mol. The molecule has 2 atom stereocenters. The van der Waals surface area contributed by atoms with E-state index in [2.05, 4.69) is 0 Å². The molecule has 2 amide bonds. The number of amides is 2. The fourth-order valence-electron chi connectivity index (χ4n) is 4.35. The molecule has 0 heterocycles. The van der Waals surface area contributed by atoms with E-state index in [9.17, 15) is 19.2 Å². The van der Waals surface area contributed by atoms with Crippen LogP contribution in [0.2, 0.25) is 0 Å². The van der Waals surface area contributed by atoms with Crippen LogP contribution in [0.25, 0.3) is 0 Å². The molecule has 4 rings (SSSR count). The van der Waals surface area contributed by atoms with Crippen LogP contribution in [0.5, 0.6) is 11.5 Å². The van der Waals surface area contributed by atoms with Crippen LogP contribution < -0.4 is 9.47 Å². The molecule has 46 heavy (non-hydrogen) atoms. The molecule has 4 aromatic carbocycles. The van der Waals surface area contributed by atoms with Gasteiger partial charge in [-0.05, 0) is 35.4 Å². The number of ether oxygens (including phenoxy) is 4. The van der Waals surface area contributed by atoms with Crippen LogP contribution in [0.15, 0.2) is 133 Å². The Morgan fingerprint density at radius 3 is 1.15 bits per heavy atom. The third-order valence-electron chi connectivity index (χ3n) is 6.90. The zero-order valence-corrected chi connectivity index (χ0v) is 25.4. The van der Waals surface area contributed by atoms with Gasteiger partial charge < -0.3 is 28.7 Å². The Labute approximate surface area is 267 Å². The van der Waals surface area contributed by atoms with Crippen molar-refractivity contribution in [3.8, 4) is 11.5 Å². The number of carbonyl (C=O) groups excluding carboxylic acids is 4. The van der Waals surface area contributed by atoms with Gasteiger partial charge in [0.2, 0.25) is 0 Å². The quantitative estimate of drug-likeness (QED) is 0.132. The van der Waals surface area contributed by atoms with Crippen molar-refractivity contribution in [2.75, 3.05) is 27.3 Å². The minimum absolute atomic E-state index is 0.201. The van der Waals surface area contributed by atoms with Crippen molar-refractivity contribution in [3.63, 3.8) is 0 Å². The van der Waals surface area contributed by atoms with Gasteiger partial charge in [0.05, 0.1) is 12.1 Å². The summed E-state index contributed by atoms with van der Waals surface area (Å²) in [4.78, 5) is 53.5. The first-order valence-electron chi connectivity index (χ1n) is 14.4. The largest absolute Gasteiger partial charge is 0.460 e. The lowest BCUT2D eigenvalue weighted by Gasteiger charge is -2.27. The SMILES string of the molecule is CN(C(=O)Oc1ccccc1)[C@@H](COC(=O)/C=C/C(=O)OC[C@@H](c1ccccc1)N(C)C(=O)Oc1ccccc1)c1ccccc1. The number of likely N-dealkylation sites (N-methyl/N-ethyl adjacent to an activating group) is 2. The summed E-state index contributed by atoms with van der Waals surface area (Å²) in [5.41, 5.74) is 1.43. The van der Waals surface area contributed by atoms with E-state index >= 15 is 0 Å². The molecule has 0 saturated carbocycles. The Hall–Kier alpha value is -5.90. The van der Waals surface area contributed by atoms with E-state index in [4.69, 9.17) is 18.9 Å². The number of hydrogen-bond acceptors (Lipinski definition) is 8. The summed E-state index contributed by atoms with van der Waals surface area (Å²) in [6.07, 6.45) is 0.608. The Kier molecular flexibility index (Phi) is 12.1.